The molecule has 32 heavy (non-hydrogen) atoms. The van der Waals surface area contributed by atoms with Gasteiger partial charge in [0, 0.05) is 25.7 Å². The van der Waals surface area contributed by atoms with E-state index in [9.17, 15) is 19.8 Å². The maximum Gasteiger partial charge on any atom is 0.325 e. The lowest BCUT2D eigenvalue weighted by molar-refractivity contribution is -0.152. The number of nitrogens with one attached hydrogen (secondary N) is 1. The number of hydrogen-bond acceptors (Lipinski definition) is 6. The Hall–Kier alpha value is -2.28. The lowest BCUT2D eigenvalue weighted by Crippen LogP contribution is -2.39. The van der Waals surface area contributed by atoms with Crippen molar-refractivity contribution in [2.24, 2.45) is 11.8 Å². The summed E-state index contributed by atoms with van der Waals surface area (Å²) < 4.78 is 0. The molecule has 0 bridgehead atoms. The van der Waals surface area contributed by atoms with Crippen molar-refractivity contribution in [3.8, 4) is 11.5 Å². The van der Waals surface area contributed by atoms with Crippen LogP contribution in [0.5, 0.6) is 11.5 Å². The van der Waals surface area contributed by atoms with E-state index < -0.39 is 0 Å². The minimum Gasteiger partial charge on any atom is -0.508 e. The molecule has 1 amide bonds. The van der Waals surface area contributed by atoms with Gasteiger partial charge in [0.25, 0.3) is 5.91 Å². The summed E-state index contributed by atoms with van der Waals surface area (Å²) in [6.45, 7) is 5.75. The minimum absolute atomic E-state index is 0.0136. The molecule has 1 saturated heterocycles. The molecule has 3 rings (SSSR count). The van der Waals surface area contributed by atoms with Crippen LogP contribution in [0.2, 0.25) is 0 Å². The smallest absolute Gasteiger partial charge is 0.325 e. The third-order valence-electron chi connectivity index (χ3n) is 6.92. The normalized spacial score (nSPS) is 18.2. The van der Waals surface area contributed by atoms with Gasteiger partial charge in [0.2, 0.25) is 0 Å². The number of hydrogen-bond donors (Lipinski definition) is 3. The molecule has 0 spiro atoms. The number of carbonyl (C=O) groups is 2. The molecule has 1 aliphatic carbocycles. The van der Waals surface area contributed by atoms with Crippen molar-refractivity contribution in [1.29, 1.82) is 0 Å². The number of benzene rings is 1. The number of likely N-dealkylation sites (tertiary alicyclic amines) is 1. The van der Waals surface area contributed by atoms with Gasteiger partial charge in [-0.1, -0.05) is 33.1 Å². The van der Waals surface area contributed by atoms with Crippen LogP contribution in [-0.2, 0) is 9.63 Å². The highest BCUT2D eigenvalue weighted by molar-refractivity contribution is 5.97. The van der Waals surface area contributed by atoms with E-state index in [0.717, 1.165) is 32.1 Å². The van der Waals surface area contributed by atoms with Crippen molar-refractivity contribution in [2.45, 2.75) is 77.6 Å². The van der Waals surface area contributed by atoms with E-state index in [-0.39, 0.29) is 34.9 Å². The number of amides is 1. The number of hydroxylamine groups is 1. The van der Waals surface area contributed by atoms with E-state index in [0.29, 0.717) is 43.5 Å². The Bertz CT molecular complexity index is 781. The van der Waals surface area contributed by atoms with Gasteiger partial charge in [-0.2, -0.15) is 5.48 Å². The van der Waals surface area contributed by atoms with E-state index in [1.54, 1.807) is 11.0 Å². The molecule has 1 aromatic carbocycles. The van der Waals surface area contributed by atoms with Crippen molar-refractivity contribution in [3.63, 3.8) is 0 Å². The van der Waals surface area contributed by atoms with Gasteiger partial charge in [0.05, 0.1) is 12.0 Å². The van der Waals surface area contributed by atoms with Gasteiger partial charge in [0.15, 0.2) is 0 Å². The number of phenolic OH excluding ortho intramolecular Hbond substituents is 2. The highest BCUT2D eigenvalue weighted by atomic mass is 16.7. The molecule has 0 aromatic heterocycles. The monoisotopic (exact) mass is 446 g/mol. The van der Waals surface area contributed by atoms with E-state index in [1.807, 2.05) is 13.8 Å². The van der Waals surface area contributed by atoms with Crippen LogP contribution in [0.25, 0.3) is 0 Å². The number of rotatable bonds is 8. The Kier molecular flexibility index (Phi) is 8.79. The maximum absolute atomic E-state index is 12.9. The van der Waals surface area contributed by atoms with Crippen LogP contribution in [0.3, 0.4) is 0 Å². The standard InChI is InChI=1S/C25H38N2O5/c1-17(2)20-15-21(23(29)16-22(20)28)25(31)27-12-9-18(10-13-27)8-11-26-32-24(30)14-19-6-4-3-5-7-19/h15-19,26,28-29H,3-14H2,1-2H3. The van der Waals surface area contributed by atoms with Crippen LogP contribution in [-0.4, -0.2) is 46.6 Å². The van der Waals surface area contributed by atoms with E-state index in [1.165, 1.54) is 25.3 Å². The predicted molar refractivity (Wildman–Crippen MR) is 122 cm³/mol. The molecule has 7 heteroatoms. The third kappa shape index (κ3) is 6.61. The molecule has 1 heterocycles. The van der Waals surface area contributed by atoms with Gasteiger partial charge in [-0.3, -0.25) is 9.59 Å². The average molecular weight is 447 g/mol. The second kappa shape index (κ2) is 11.5. The predicted octanol–water partition coefficient (Wildman–Crippen LogP) is 4.48. The summed E-state index contributed by atoms with van der Waals surface area (Å²) in [6, 6.07) is 2.87. The van der Waals surface area contributed by atoms with E-state index in [4.69, 9.17) is 4.84 Å². The highest BCUT2D eigenvalue weighted by Crippen LogP contribution is 2.33. The molecule has 7 nitrogen and oxygen atoms in total. The average Bonchev–Trinajstić information content (AvgIpc) is 2.77. The lowest BCUT2D eigenvalue weighted by Gasteiger charge is -2.32. The number of carbonyl (C=O) groups excluding carboxylic acids is 2. The molecule has 2 fully saturated rings. The summed E-state index contributed by atoms with van der Waals surface area (Å²) in [4.78, 5) is 31.9. The van der Waals surface area contributed by atoms with Crippen molar-refractivity contribution in [1.82, 2.24) is 10.4 Å². The fourth-order valence-electron chi connectivity index (χ4n) is 4.89. The minimum atomic E-state index is -0.197. The summed E-state index contributed by atoms with van der Waals surface area (Å²) in [5.41, 5.74) is 3.73. The number of phenols is 2. The first kappa shape index (κ1) is 24.4. The molecule has 1 aromatic rings. The fraction of sp³-hybridized carbons (Fsp3) is 0.680. The summed E-state index contributed by atoms with van der Waals surface area (Å²) in [5.74, 6) is 0.465. The van der Waals surface area contributed by atoms with Crippen molar-refractivity contribution < 1.29 is 24.6 Å². The van der Waals surface area contributed by atoms with E-state index in [2.05, 4.69) is 5.48 Å². The van der Waals surface area contributed by atoms with Crippen LogP contribution >= 0.6 is 0 Å². The van der Waals surface area contributed by atoms with Gasteiger partial charge in [0.1, 0.15) is 11.5 Å². The van der Waals surface area contributed by atoms with E-state index >= 15 is 0 Å². The van der Waals surface area contributed by atoms with Crippen LogP contribution in [0.1, 0.15) is 93.5 Å². The van der Waals surface area contributed by atoms with Crippen LogP contribution in [0.4, 0.5) is 0 Å². The zero-order valence-corrected chi connectivity index (χ0v) is 19.4. The Morgan fingerprint density at radius 3 is 2.38 bits per heavy atom. The number of nitrogens with zero attached hydrogens (tertiary/aromatic N) is 1. The molecule has 0 unspecified atom stereocenters. The summed E-state index contributed by atoms with van der Waals surface area (Å²) in [5, 5.41) is 20.2. The quantitative estimate of drug-likeness (QED) is 0.402. The fourth-order valence-corrected chi connectivity index (χ4v) is 4.89. The first-order chi connectivity index (χ1) is 15.3. The SMILES string of the molecule is CC(C)c1cc(C(=O)N2CCC(CCNOC(=O)CC3CCCCC3)CC2)c(O)cc1O. The second-order valence-corrected chi connectivity index (χ2v) is 9.68. The zero-order valence-electron chi connectivity index (χ0n) is 19.4. The van der Waals surface area contributed by atoms with Gasteiger partial charge in [-0.15, -0.1) is 0 Å². The first-order valence-corrected chi connectivity index (χ1v) is 12.1. The summed E-state index contributed by atoms with van der Waals surface area (Å²) >= 11 is 0. The van der Waals surface area contributed by atoms with Gasteiger partial charge in [-0.05, 0) is 61.5 Å². The molecule has 1 aliphatic heterocycles. The van der Waals surface area contributed by atoms with Gasteiger partial charge < -0.3 is 20.0 Å². The Morgan fingerprint density at radius 1 is 1.03 bits per heavy atom. The van der Waals surface area contributed by atoms with Crippen molar-refractivity contribution in [3.05, 3.63) is 23.3 Å². The van der Waals surface area contributed by atoms with Gasteiger partial charge >= 0.3 is 5.97 Å². The summed E-state index contributed by atoms with van der Waals surface area (Å²) in [7, 11) is 0. The molecule has 2 aliphatic rings. The number of aromatic hydroxyl groups is 2. The van der Waals surface area contributed by atoms with Crippen molar-refractivity contribution in [2.75, 3.05) is 19.6 Å². The number of piperidine rings is 1. The molecule has 0 radical (unpaired) electrons. The Balaban J connectivity index is 1.38. The molecule has 0 atom stereocenters. The Labute approximate surface area is 191 Å². The topological polar surface area (TPSA) is 99.1 Å². The van der Waals surface area contributed by atoms with Crippen molar-refractivity contribution >= 4 is 11.9 Å². The molecule has 1 saturated carbocycles. The lowest BCUT2D eigenvalue weighted by atomic mass is 9.87. The largest absolute Gasteiger partial charge is 0.508 e. The van der Waals surface area contributed by atoms with Gasteiger partial charge in [-0.25, -0.2) is 0 Å². The highest BCUT2D eigenvalue weighted by Gasteiger charge is 2.26. The van der Waals surface area contributed by atoms with Crippen LogP contribution < -0.4 is 5.48 Å². The first-order valence-electron chi connectivity index (χ1n) is 12.1. The summed E-state index contributed by atoms with van der Waals surface area (Å²) in [6.07, 6.45) is 9.13. The Morgan fingerprint density at radius 2 is 1.72 bits per heavy atom. The second-order valence-electron chi connectivity index (χ2n) is 9.68. The van der Waals surface area contributed by atoms with Crippen LogP contribution in [0.15, 0.2) is 12.1 Å². The molecular formula is C25H38N2O5. The molecular weight excluding hydrogens is 408 g/mol. The molecule has 3 N–H and O–H groups in total. The third-order valence-corrected chi connectivity index (χ3v) is 6.92. The maximum atomic E-state index is 12.9. The van der Waals surface area contributed by atoms with Crippen LogP contribution in [0, 0.1) is 11.8 Å². The zero-order chi connectivity index (χ0) is 23.1. The molecule has 178 valence electrons.